The number of aromatic nitrogens is 2. The SMILES string of the molecule is C[C@@]1(O)[C@H](OCc2ccc(Cl)cc2Cl)[C@@H](COCc2ccc(Cl)cc2Cl)O[C@H]1n1cc2ccc3c-2c(n1)C=NNC3. The highest BCUT2D eigenvalue weighted by Gasteiger charge is 2.55. The second-order valence-electron chi connectivity index (χ2n) is 10.2. The molecule has 1 fully saturated rings. The Morgan fingerprint density at radius 2 is 1.73 bits per heavy atom. The summed E-state index contributed by atoms with van der Waals surface area (Å²) >= 11 is 24.8. The summed E-state index contributed by atoms with van der Waals surface area (Å²) < 4.78 is 20.4. The van der Waals surface area contributed by atoms with Crippen LogP contribution in [0.15, 0.2) is 59.8 Å². The molecule has 2 N–H and O–H groups in total. The number of rotatable bonds is 8. The molecular weight excluding hydrogens is 610 g/mol. The van der Waals surface area contributed by atoms with Gasteiger partial charge in [0.1, 0.15) is 23.5 Å². The van der Waals surface area contributed by atoms with Crippen LogP contribution in [0.5, 0.6) is 0 Å². The third-order valence-corrected chi connectivity index (χ3v) is 8.49. The van der Waals surface area contributed by atoms with Crippen molar-refractivity contribution in [2.24, 2.45) is 5.10 Å². The van der Waals surface area contributed by atoms with E-state index in [1.165, 1.54) is 0 Å². The molecule has 0 saturated carbocycles. The number of halogens is 4. The van der Waals surface area contributed by atoms with E-state index < -0.39 is 24.0 Å². The lowest BCUT2D eigenvalue weighted by Gasteiger charge is -2.31. The van der Waals surface area contributed by atoms with Gasteiger partial charge < -0.3 is 24.7 Å². The lowest BCUT2D eigenvalue weighted by Crippen LogP contribution is -2.46. The van der Waals surface area contributed by atoms with Crippen LogP contribution < -0.4 is 5.43 Å². The van der Waals surface area contributed by atoms with E-state index in [1.807, 2.05) is 24.4 Å². The molecule has 2 aromatic carbocycles. The van der Waals surface area contributed by atoms with E-state index in [0.717, 1.165) is 27.8 Å². The van der Waals surface area contributed by atoms with Gasteiger partial charge in [0.15, 0.2) is 6.23 Å². The van der Waals surface area contributed by atoms with Gasteiger partial charge in [-0.15, -0.1) is 0 Å². The molecule has 0 spiro atoms. The minimum Gasteiger partial charge on any atom is -0.383 e. The Kier molecular flexibility index (Phi) is 8.19. The summed E-state index contributed by atoms with van der Waals surface area (Å²) in [5.74, 6) is 0. The molecule has 41 heavy (non-hydrogen) atoms. The number of benzene rings is 2. The van der Waals surface area contributed by atoms with Crippen molar-refractivity contribution in [3.8, 4) is 11.1 Å². The van der Waals surface area contributed by atoms with Gasteiger partial charge in [0.2, 0.25) is 0 Å². The molecule has 4 aliphatic rings. The van der Waals surface area contributed by atoms with E-state index in [2.05, 4.69) is 10.5 Å². The summed E-state index contributed by atoms with van der Waals surface area (Å²) in [7, 11) is 0. The standard InChI is InChI=1S/C29H26Cl4N4O4/c1-29(38)27(40-14-19-5-7-21(31)9-23(19)33)25(15-39-13-18-4-6-20(30)8-22(18)32)41-28(29)37-12-17-3-2-16-10-34-35-11-24(36-37)26(16)17/h2-9,11-12,25,27-28,34,38H,10,13-15H2,1H3/t25-,27-,28-,29-/m1/s1. The molecule has 3 heterocycles. The Balaban J connectivity index is 1.28. The summed E-state index contributed by atoms with van der Waals surface area (Å²) in [4.78, 5) is 0. The smallest absolute Gasteiger partial charge is 0.181 e. The minimum absolute atomic E-state index is 0.117. The number of hydrazone groups is 1. The first-order chi connectivity index (χ1) is 19.7. The van der Waals surface area contributed by atoms with Gasteiger partial charge in [-0.1, -0.05) is 70.7 Å². The average molecular weight is 636 g/mol. The maximum Gasteiger partial charge on any atom is 0.181 e. The van der Waals surface area contributed by atoms with Crippen molar-refractivity contribution < 1.29 is 19.3 Å². The molecule has 0 bridgehead atoms. The number of hydrogen-bond donors (Lipinski definition) is 2. The molecule has 8 nitrogen and oxygen atoms in total. The quantitative estimate of drug-likeness (QED) is 0.230. The van der Waals surface area contributed by atoms with Crippen molar-refractivity contribution in [2.75, 3.05) is 6.61 Å². The van der Waals surface area contributed by atoms with Crippen molar-refractivity contribution in [3.05, 3.63) is 97.2 Å². The fourth-order valence-corrected chi connectivity index (χ4v) is 6.20. The average Bonchev–Trinajstić information content (AvgIpc) is 3.35. The second-order valence-corrected chi connectivity index (χ2v) is 11.9. The monoisotopic (exact) mass is 634 g/mol. The van der Waals surface area contributed by atoms with Crippen molar-refractivity contribution >= 4 is 52.6 Å². The molecule has 0 unspecified atom stereocenters. The molecule has 12 heteroatoms. The van der Waals surface area contributed by atoms with Gasteiger partial charge in [-0.3, -0.25) is 0 Å². The van der Waals surface area contributed by atoms with Crippen LogP contribution in [0, 0.1) is 0 Å². The lowest BCUT2D eigenvalue weighted by molar-refractivity contribution is -0.118. The van der Waals surface area contributed by atoms with Crippen LogP contribution in [-0.2, 0) is 34.0 Å². The molecule has 214 valence electrons. The van der Waals surface area contributed by atoms with Crippen molar-refractivity contribution in [1.29, 1.82) is 0 Å². The van der Waals surface area contributed by atoms with E-state index in [9.17, 15) is 5.11 Å². The van der Waals surface area contributed by atoms with E-state index in [1.54, 1.807) is 48.2 Å². The molecule has 2 aromatic rings. The Labute approximate surface area is 257 Å². The Morgan fingerprint density at radius 3 is 2.44 bits per heavy atom. The van der Waals surface area contributed by atoms with Gasteiger partial charge in [0.05, 0.1) is 32.6 Å². The fourth-order valence-electron chi connectivity index (χ4n) is 5.27. The van der Waals surface area contributed by atoms with Gasteiger partial charge in [-0.05, 0) is 47.9 Å². The lowest BCUT2D eigenvalue weighted by atomic mass is 9.96. The minimum atomic E-state index is -1.50. The van der Waals surface area contributed by atoms with E-state index in [-0.39, 0.29) is 19.8 Å². The zero-order chi connectivity index (χ0) is 28.7. The number of ether oxygens (including phenoxy) is 3. The normalized spacial score (nSPS) is 23.6. The Bertz CT molecular complexity index is 1580. The van der Waals surface area contributed by atoms with Crippen molar-refractivity contribution in [3.63, 3.8) is 0 Å². The first kappa shape index (κ1) is 28.7. The predicted octanol–water partition coefficient (Wildman–Crippen LogP) is 6.49. The van der Waals surface area contributed by atoms with Crippen molar-refractivity contribution in [1.82, 2.24) is 15.2 Å². The molecular formula is C29H26Cl4N4O4. The molecule has 1 aliphatic carbocycles. The Morgan fingerprint density at radius 1 is 1.02 bits per heavy atom. The van der Waals surface area contributed by atoms with Crippen LogP contribution in [0.1, 0.15) is 35.5 Å². The molecule has 0 radical (unpaired) electrons. The first-order valence-corrected chi connectivity index (χ1v) is 14.4. The maximum absolute atomic E-state index is 11.9. The van der Waals surface area contributed by atoms with E-state index in [0.29, 0.717) is 32.3 Å². The van der Waals surface area contributed by atoms with Crippen LogP contribution in [0.3, 0.4) is 0 Å². The third-order valence-electron chi connectivity index (χ3n) is 7.32. The molecule has 4 atom stereocenters. The van der Waals surface area contributed by atoms with Gasteiger partial charge in [-0.25, -0.2) is 4.68 Å². The molecule has 6 rings (SSSR count). The molecule has 3 aliphatic heterocycles. The van der Waals surface area contributed by atoms with E-state index >= 15 is 0 Å². The highest BCUT2D eigenvalue weighted by Crippen LogP contribution is 2.42. The molecule has 1 saturated heterocycles. The summed E-state index contributed by atoms with van der Waals surface area (Å²) in [6.07, 6.45) is 1.21. The summed E-state index contributed by atoms with van der Waals surface area (Å²) in [5, 5.41) is 23.0. The van der Waals surface area contributed by atoms with Gasteiger partial charge in [0.25, 0.3) is 0 Å². The highest BCUT2D eigenvalue weighted by molar-refractivity contribution is 6.35. The first-order valence-electron chi connectivity index (χ1n) is 12.9. The summed E-state index contributed by atoms with van der Waals surface area (Å²) in [6.45, 7) is 2.74. The van der Waals surface area contributed by atoms with Crippen LogP contribution in [-0.4, -0.2) is 45.5 Å². The maximum atomic E-state index is 11.9. The van der Waals surface area contributed by atoms with Crippen LogP contribution >= 0.6 is 46.4 Å². The van der Waals surface area contributed by atoms with Crippen LogP contribution in [0.25, 0.3) is 11.1 Å². The fraction of sp³-hybridized carbons (Fsp3) is 0.310. The number of aliphatic hydroxyl groups is 1. The third kappa shape index (κ3) is 5.81. The van der Waals surface area contributed by atoms with Gasteiger partial charge in [0, 0.05) is 37.4 Å². The van der Waals surface area contributed by atoms with Gasteiger partial charge in [-0.2, -0.15) is 10.2 Å². The molecule has 0 amide bonds. The summed E-state index contributed by atoms with van der Waals surface area (Å²) in [5.41, 5.74) is 6.76. The topological polar surface area (TPSA) is 90.1 Å². The molecule has 0 aromatic heterocycles. The number of nitrogens with zero attached hydrogens (tertiary/aromatic N) is 3. The highest BCUT2D eigenvalue weighted by atomic mass is 35.5. The Hall–Kier alpha value is -2.40. The number of hydrogen-bond acceptors (Lipinski definition) is 7. The predicted molar refractivity (Wildman–Crippen MR) is 159 cm³/mol. The van der Waals surface area contributed by atoms with E-state index in [4.69, 9.17) is 65.7 Å². The number of nitrogens with one attached hydrogen (secondary N) is 1. The second kappa shape index (κ2) is 11.7. The largest absolute Gasteiger partial charge is 0.383 e. The van der Waals surface area contributed by atoms with Gasteiger partial charge >= 0.3 is 0 Å². The van der Waals surface area contributed by atoms with Crippen LogP contribution in [0.2, 0.25) is 20.1 Å². The summed E-state index contributed by atoms with van der Waals surface area (Å²) in [6, 6.07) is 14.5. The van der Waals surface area contributed by atoms with Crippen molar-refractivity contribution in [2.45, 2.75) is 50.7 Å². The zero-order valence-corrected chi connectivity index (χ0v) is 24.9. The van der Waals surface area contributed by atoms with Crippen LogP contribution in [0.4, 0.5) is 0 Å². The zero-order valence-electron chi connectivity index (χ0n) is 21.9.